The molecule has 1 aromatic heterocycles. The molecule has 1 amide bonds. The summed E-state index contributed by atoms with van der Waals surface area (Å²) in [5.41, 5.74) is 0.306. The first kappa shape index (κ1) is 14.8. The number of hydrogen-bond donors (Lipinski definition) is 1. The maximum absolute atomic E-state index is 13.4. The summed E-state index contributed by atoms with van der Waals surface area (Å²) in [6.07, 6.45) is 2.23. The Balaban J connectivity index is 2.32. The number of anilines is 1. The summed E-state index contributed by atoms with van der Waals surface area (Å²) in [4.78, 5) is 18.5. The molecule has 1 fully saturated rings. The zero-order valence-corrected chi connectivity index (χ0v) is 12.5. The smallest absolute Gasteiger partial charge is 0.257 e. The number of piperidine rings is 1. The van der Waals surface area contributed by atoms with Gasteiger partial charge in [0, 0.05) is 19.6 Å². The van der Waals surface area contributed by atoms with Gasteiger partial charge in [-0.05, 0) is 31.2 Å². The highest BCUT2D eigenvalue weighted by atomic mass is 19.1. The minimum absolute atomic E-state index is 0.146. The van der Waals surface area contributed by atoms with E-state index in [2.05, 4.69) is 31.1 Å². The van der Waals surface area contributed by atoms with Gasteiger partial charge in [-0.3, -0.25) is 4.79 Å². The van der Waals surface area contributed by atoms with Crippen LogP contribution in [0.2, 0.25) is 0 Å². The van der Waals surface area contributed by atoms with E-state index < -0.39 is 5.82 Å². The molecule has 2 rings (SSSR count). The summed E-state index contributed by atoms with van der Waals surface area (Å²) >= 11 is 0. The van der Waals surface area contributed by atoms with Crippen molar-refractivity contribution in [3.05, 3.63) is 23.6 Å². The number of nitrogens with zero attached hydrogens (tertiary/aromatic N) is 2. The fourth-order valence-corrected chi connectivity index (χ4v) is 2.94. The van der Waals surface area contributed by atoms with Gasteiger partial charge < -0.3 is 10.2 Å². The summed E-state index contributed by atoms with van der Waals surface area (Å²) < 4.78 is 13.4. The van der Waals surface area contributed by atoms with Crippen LogP contribution < -0.4 is 5.32 Å². The summed E-state index contributed by atoms with van der Waals surface area (Å²) in [6.45, 7) is 7.07. The molecule has 4 nitrogen and oxygen atoms in total. The number of carbonyl (C=O) groups excluding carboxylic acids is 1. The Morgan fingerprint density at radius 2 is 2.15 bits per heavy atom. The van der Waals surface area contributed by atoms with Crippen molar-refractivity contribution in [1.82, 2.24) is 9.88 Å². The Kier molecular flexibility index (Phi) is 4.26. The summed E-state index contributed by atoms with van der Waals surface area (Å²) in [6, 6.07) is 1.42. The SMILES string of the molecule is CNc1ncc(F)cc1C(=O)N1CC(C)CC(C)C1C. The molecule has 1 aliphatic heterocycles. The van der Waals surface area contributed by atoms with E-state index in [0.717, 1.165) is 12.6 Å². The number of halogens is 1. The van der Waals surface area contributed by atoms with Gasteiger partial charge >= 0.3 is 0 Å². The lowest BCUT2D eigenvalue weighted by Gasteiger charge is -2.41. The molecule has 2 heterocycles. The second-order valence-corrected chi connectivity index (χ2v) is 5.82. The third kappa shape index (κ3) is 2.76. The maximum Gasteiger partial charge on any atom is 0.257 e. The van der Waals surface area contributed by atoms with Crippen molar-refractivity contribution in [1.29, 1.82) is 0 Å². The Bertz CT molecular complexity index is 506. The Labute approximate surface area is 119 Å². The molecule has 3 atom stereocenters. The standard InChI is InChI=1S/C15H22FN3O/c1-9-5-10(2)11(3)19(8-9)15(20)13-6-12(16)7-18-14(13)17-4/h6-7,9-11H,5,8H2,1-4H3,(H,17,18). The highest BCUT2D eigenvalue weighted by molar-refractivity contribution is 5.99. The zero-order chi connectivity index (χ0) is 14.9. The van der Waals surface area contributed by atoms with Gasteiger partial charge in [0.1, 0.15) is 11.6 Å². The third-order valence-electron chi connectivity index (χ3n) is 4.18. The molecule has 0 aliphatic carbocycles. The van der Waals surface area contributed by atoms with Gasteiger partial charge in [-0.25, -0.2) is 9.37 Å². The minimum Gasteiger partial charge on any atom is -0.372 e. The van der Waals surface area contributed by atoms with Gasteiger partial charge in [0.25, 0.3) is 5.91 Å². The van der Waals surface area contributed by atoms with Crippen LogP contribution in [0.3, 0.4) is 0 Å². The van der Waals surface area contributed by atoms with E-state index in [1.165, 1.54) is 6.07 Å². The molecule has 110 valence electrons. The fourth-order valence-electron chi connectivity index (χ4n) is 2.94. The minimum atomic E-state index is -0.488. The number of pyridine rings is 1. The van der Waals surface area contributed by atoms with Crippen LogP contribution in [0.25, 0.3) is 0 Å². The lowest BCUT2D eigenvalue weighted by molar-refractivity contribution is 0.0456. The maximum atomic E-state index is 13.4. The number of hydrogen-bond acceptors (Lipinski definition) is 3. The predicted molar refractivity (Wildman–Crippen MR) is 77.2 cm³/mol. The molecule has 20 heavy (non-hydrogen) atoms. The van der Waals surface area contributed by atoms with E-state index in [9.17, 15) is 9.18 Å². The van der Waals surface area contributed by atoms with Gasteiger partial charge in [-0.15, -0.1) is 0 Å². The monoisotopic (exact) mass is 279 g/mol. The first-order chi connectivity index (χ1) is 9.43. The van der Waals surface area contributed by atoms with Crippen LogP contribution in [0.4, 0.5) is 10.2 Å². The zero-order valence-electron chi connectivity index (χ0n) is 12.5. The number of likely N-dealkylation sites (tertiary alicyclic amines) is 1. The summed E-state index contributed by atoms with van der Waals surface area (Å²) in [5, 5.41) is 2.85. The van der Waals surface area contributed by atoms with Crippen LogP contribution in [-0.4, -0.2) is 35.4 Å². The van der Waals surface area contributed by atoms with Crippen LogP contribution in [-0.2, 0) is 0 Å². The molecular weight excluding hydrogens is 257 g/mol. The molecular formula is C15H22FN3O. The Morgan fingerprint density at radius 3 is 2.80 bits per heavy atom. The van der Waals surface area contributed by atoms with Gasteiger partial charge in [0.05, 0.1) is 11.8 Å². The van der Waals surface area contributed by atoms with Crippen LogP contribution in [0.1, 0.15) is 37.6 Å². The van der Waals surface area contributed by atoms with Crippen molar-refractivity contribution in [2.75, 3.05) is 18.9 Å². The summed E-state index contributed by atoms with van der Waals surface area (Å²) in [5.74, 6) is 0.701. The molecule has 3 unspecified atom stereocenters. The topological polar surface area (TPSA) is 45.2 Å². The van der Waals surface area contributed by atoms with E-state index in [1.807, 2.05) is 4.90 Å². The van der Waals surface area contributed by atoms with E-state index in [0.29, 0.717) is 29.8 Å². The second-order valence-electron chi connectivity index (χ2n) is 5.82. The molecule has 5 heteroatoms. The molecule has 1 N–H and O–H groups in total. The van der Waals surface area contributed by atoms with E-state index in [-0.39, 0.29) is 11.9 Å². The van der Waals surface area contributed by atoms with Crippen LogP contribution in [0.5, 0.6) is 0 Å². The second kappa shape index (κ2) is 5.77. The normalized spacial score (nSPS) is 26.4. The Morgan fingerprint density at radius 1 is 1.45 bits per heavy atom. The number of nitrogens with one attached hydrogen (secondary N) is 1. The predicted octanol–water partition coefficient (Wildman–Crippen LogP) is 2.77. The lowest BCUT2D eigenvalue weighted by Crippen LogP contribution is -2.49. The van der Waals surface area contributed by atoms with Crippen molar-refractivity contribution in [2.45, 2.75) is 33.2 Å². The van der Waals surface area contributed by atoms with Gasteiger partial charge in [-0.2, -0.15) is 0 Å². The number of carbonyl (C=O) groups is 1. The van der Waals surface area contributed by atoms with Crippen molar-refractivity contribution in [3.63, 3.8) is 0 Å². The molecule has 0 bridgehead atoms. The fraction of sp³-hybridized carbons (Fsp3) is 0.600. The third-order valence-corrected chi connectivity index (χ3v) is 4.18. The molecule has 0 radical (unpaired) electrons. The van der Waals surface area contributed by atoms with E-state index in [1.54, 1.807) is 7.05 Å². The quantitative estimate of drug-likeness (QED) is 0.905. The highest BCUT2D eigenvalue weighted by Gasteiger charge is 2.33. The van der Waals surface area contributed by atoms with Gasteiger partial charge in [-0.1, -0.05) is 13.8 Å². The molecule has 1 saturated heterocycles. The van der Waals surface area contributed by atoms with Crippen molar-refractivity contribution < 1.29 is 9.18 Å². The van der Waals surface area contributed by atoms with E-state index in [4.69, 9.17) is 0 Å². The number of aromatic nitrogens is 1. The van der Waals surface area contributed by atoms with Crippen LogP contribution in [0.15, 0.2) is 12.3 Å². The molecule has 1 aromatic rings. The van der Waals surface area contributed by atoms with E-state index >= 15 is 0 Å². The molecule has 1 aliphatic rings. The van der Waals surface area contributed by atoms with Gasteiger partial charge in [0.2, 0.25) is 0 Å². The molecule has 0 aromatic carbocycles. The number of amides is 1. The van der Waals surface area contributed by atoms with Crippen LogP contribution >= 0.6 is 0 Å². The molecule has 0 spiro atoms. The highest BCUT2D eigenvalue weighted by Crippen LogP contribution is 2.29. The van der Waals surface area contributed by atoms with Crippen molar-refractivity contribution in [3.8, 4) is 0 Å². The molecule has 0 saturated carbocycles. The first-order valence-corrected chi connectivity index (χ1v) is 7.08. The summed E-state index contributed by atoms with van der Waals surface area (Å²) in [7, 11) is 1.68. The average molecular weight is 279 g/mol. The number of rotatable bonds is 2. The largest absolute Gasteiger partial charge is 0.372 e. The average Bonchev–Trinajstić information content (AvgIpc) is 2.42. The van der Waals surface area contributed by atoms with Crippen LogP contribution in [0, 0.1) is 17.7 Å². The lowest BCUT2D eigenvalue weighted by atomic mass is 9.85. The first-order valence-electron chi connectivity index (χ1n) is 7.08. The van der Waals surface area contributed by atoms with Crippen molar-refractivity contribution >= 4 is 11.7 Å². The van der Waals surface area contributed by atoms with Gasteiger partial charge in [0.15, 0.2) is 0 Å². The Hall–Kier alpha value is -1.65. The van der Waals surface area contributed by atoms with Crippen molar-refractivity contribution in [2.24, 2.45) is 11.8 Å².